The van der Waals surface area contributed by atoms with Crippen molar-refractivity contribution in [3.8, 4) is 0 Å². The summed E-state index contributed by atoms with van der Waals surface area (Å²) in [6.07, 6.45) is 1.18. The van der Waals surface area contributed by atoms with E-state index in [4.69, 9.17) is 9.47 Å². The third kappa shape index (κ3) is 4.32. The molecule has 0 aliphatic carbocycles. The highest BCUT2D eigenvalue weighted by Crippen LogP contribution is 2.25. The molecule has 17 heavy (non-hydrogen) atoms. The molecule has 1 atom stereocenters. The summed E-state index contributed by atoms with van der Waals surface area (Å²) in [5.74, 6) is 0. The predicted octanol–water partition coefficient (Wildman–Crippen LogP) is 2.22. The molecule has 0 saturated heterocycles. The van der Waals surface area contributed by atoms with E-state index in [1.165, 1.54) is 0 Å². The van der Waals surface area contributed by atoms with Crippen LogP contribution in [0, 0.1) is 0 Å². The Balaban J connectivity index is 5.02. The lowest BCUT2D eigenvalue weighted by Crippen LogP contribution is -2.58. The van der Waals surface area contributed by atoms with Crippen molar-refractivity contribution in [3.63, 3.8) is 0 Å². The minimum atomic E-state index is -1.14. The molecule has 0 unspecified atom stereocenters. The predicted molar refractivity (Wildman–Crippen MR) is 72.2 cm³/mol. The number of hydrogen-bond donors (Lipinski definition) is 1. The van der Waals surface area contributed by atoms with Crippen molar-refractivity contribution in [2.45, 2.75) is 64.0 Å². The fourth-order valence-corrected chi connectivity index (χ4v) is 2.72. The van der Waals surface area contributed by atoms with Crippen molar-refractivity contribution >= 4 is 11.0 Å². The molecule has 0 fully saturated rings. The zero-order valence-corrected chi connectivity index (χ0v) is 12.9. The lowest BCUT2D eigenvalue weighted by molar-refractivity contribution is -0.152. The van der Waals surface area contributed by atoms with Gasteiger partial charge in [0, 0.05) is 14.2 Å². The van der Waals surface area contributed by atoms with Crippen molar-refractivity contribution in [3.05, 3.63) is 0 Å². The van der Waals surface area contributed by atoms with E-state index < -0.39 is 22.8 Å². The van der Waals surface area contributed by atoms with Crippen molar-refractivity contribution in [2.24, 2.45) is 0 Å². The quantitative estimate of drug-likeness (QED) is 0.718. The maximum atomic E-state index is 12.2. The van der Waals surface area contributed by atoms with Crippen LogP contribution in [0.5, 0.6) is 0 Å². The van der Waals surface area contributed by atoms with Crippen LogP contribution in [0.15, 0.2) is 0 Å². The molecule has 0 aliphatic rings. The second kappa shape index (κ2) is 6.83. The molecule has 0 saturated carbocycles. The number of methoxy groups -OCH3 is 2. The largest absolute Gasteiger partial charge is 0.354 e. The molecule has 0 aliphatic heterocycles. The Bertz CT molecular complexity index is 243. The molecule has 0 bridgehead atoms. The molecule has 0 aromatic heterocycles. The highest BCUT2D eigenvalue weighted by Gasteiger charge is 2.39. The first-order chi connectivity index (χ1) is 7.77. The second-order valence-electron chi connectivity index (χ2n) is 5.15. The Morgan fingerprint density at radius 2 is 1.53 bits per heavy atom. The van der Waals surface area contributed by atoms with Gasteiger partial charge in [-0.1, -0.05) is 13.8 Å². The summed E-state index contributed by atoms with van der Waals surface area (Å²) >= 11 is 0. The highest BCUT2D eigenvalue weighted by atomic mass is 32.2. The standard InChI is InChI=1S/C12H27NO3S/c1-8-12(9-2,10(15-6)16-7)13-17(14)11(3,4)5/h10,13H,8-9H2,1-7H3/t17-/m1/s1. The van der Waals surface area contributed by atoms with E-state index in [1.54, 1.807) is 14.2 Å². The molecular formula is C12H27NO3S. The summed E-state index contributed by atoms with van der Waals surface area (Å²) in [5.41, 5.74) is -0.415. The molecule has 1 N–H and O–H groups in total. The fourth-order valence-electron chi connectivity index (χ4n) is 1.66. The lowest BCUT2D eigenvalue weighted by Gasteiger charge is -2.39. The summed E-state index contributed by atoms with van der Waals surface area (Å²) in [5, 5.41) is 0. The number of ether oxygens (including phenoxy) is 2. The third-order valence-electron chi connectivity index (χ3n) is 2.99. The average Bonchev–Trinajstić information content (AvgIpc) is 2.27. The van der Waals surface area contributed by atoms with Crippen LogP contribution in [0.4, 0.5) is 0 Å². The normalized spacial score (nSPS) is 15.3. The molecular weight excluding hydrogens is 238 g/mol. The van der Waals surface area contributed by atoms with E-state index in [1.807, 2.05) is 34.6 Å². The van der Waals surface area contributed by atoms with Crippen molar-refractivity contribution in [2.75, 3.05) is 14.2 Å². The topological polar surface area (TPSA) is 47.6 Å². The monoisotopic (exact) mass is 265 g/mol. The Labute approximate surface area is 108 Å². The van der Waals surface area contributed by atoms with E-state index in [0.717, 1.165) is 12.8 Å². The summed E-state index contributed by atoms with van der Waals surface area (Å²) in [7, 11) is 2.07. The molecule has 4 nitrogen and oxygen atoms in total. The van der Waals surface area contributed by atoms with Crippen molar-refractivity contribution in [1.82, 2.24) is 4.72 Å². The Morgan fingerprint density at radius 3 is 1.76 bits per heavy atom. The van der Waals surface area contributed by atoms with Gasteiger partial charge in [0.15, 0.2) is 6.29 Å². The number of hydrogen-bond acceptors (Lipinski definition) is 3. The summed E-state index contributed by atoms with van der Waals surface area (Å²) in [6, 6.07) is 0. The Kier molecular flexibility index (Phi) is 6.84. The molecule has 104 valence electrons. The van der Waals surface area contributed by atoms with Gasteiger partial charge >= 0.3 is 0 Å². The molecule has 0 aromatic carbocycles. The Morgan fingerprint density at radius 1 is 1.12 bits per heavy atom. The molecule has 0 spiro atoms. The van der Waals surface area contributed by atoms with Gasteiger partial charge < -0.3 is 9.47 Å². The minimum Gasteiger partial charge on any atom is -0.354 e. The van der Waals surface area contributed by atoms with E-state index in [9.17, 15) is 4.21 Å². The van der Waals surface area contributed by atoms with Gasteiger partial charge in [0.25, 0.3) is 0 Å². The lowest BCUT2D eigenvalue weighted by atomic mass is 9.93. The third-order valence-corrected chi connectivity index (χ3v) is 4.70. The highest BCUT2D eigenvalue weighted by molar-refractivity contribution is 7.84. The van der Waals surface area contributed by atoms with Gasteiger partial charge in [-0.15, -0.1) is 0 Å². The van der Waals surface area contributed by atoms with Crippen LogP contribution in [0.25, 0.3) is 0 Å². The van der Waals surface area contributed by atoms with Gasteiger partial charge in [0.05, 0.1) is 21.3 Å². The van der Waals surface area contributed by atoms with Crippen LogP contribution in [0.1, 0.15) is 47.5 Å². The summed E-state index contributed by atoms with van der Waals surface area (Å²) in [6.45, 7) is 9.92. The maximum absolute atomic E-state index is 12.2. The SMILES string of the molecule is CCC(CC)(N[S@](=O)C(C)(C)C)C(OC)OC. The van der Waals surface area contributed by atoms with Crippen molar-refractivity contribution in [1.29, 1.82) is 0 Å². The summed E-state index contributed by atoms with van der Waals surface area (Å²) < 4.78 is 25.8. The van der Waals surface area contributed by atoms with Crippen LogP contribution >= 0.6 is 0 Å². The molecule has 0 rings (SSSR count). The molecule has 5 heteroatoms. The molecule has 0 amide bonds. The van der Waals surface area contributed by atoms with Gasteiger partial charge in [0.1, 0.15) is 0 Å². The van der Waals surface area contributed by atoms with E-state index >= 15 is 0 Å². The summed E-state index contributed by atoms with van der Waals surface area (Å²) in [4.78, 5) is 0. The Hall–Kier alpha value is 0.0300. The second-order valence-corrected chi connectivity index (χ2v) is 7.12. The van der Waals surface area contributed by atoms with Crippen LogP contribution < -0.4 is 4.72 Å². The zero-order chi connectivity index (χ0) is 13.7. The molecule has 0 aromatic rings. The fraction of sp³-hybridized carbons (Fsp3) is 1.00. The molecule has 0 radical (unpaired) electrons. The van der Waals surface area contributed by atoms with Crippen LogP contribution in [0.2, 0.25) is 0 Å². The van der Waals surface area contributed by atoms with E-state index in [-0.39, 0.29) is 4.75 Å². The zero-order valence-electron chi connectivity index (χ0n) is 12.1. The van der Waals surface area contributed by atoms with Gasteiger partial charge in [-0.05, 0) is 33.6 Å². The molecule has 0 heterocycles. The van der Waals surface area contributed by atoms with E-state index in [0.29, 0.717) is 0 Å². The number of nitrogens with one attached hydrogen (secondary N) is 1. The van der Waals surface area contributed by atoms with Gasteiger partial charge in [-0.3, -0.25) is 0 Å². The van der Waals surface area contributed by atoms with Gasteiger partial charge in [-0.25, -0.2) is 8.93 Å². The van der Waals surface area contributed by atoms with Crippen molar-refractivity contribution < 1.29 is 13.7 Å². The maximum Gasteiger partial charge on any atom is 0.175 e. The first-order valence-corrected chi connectivity index (χ1v) is 7.17. The van der Waals surface area contributed by atoms with Gasteiger partial charge in [-0.2, -0.15) is 0 Å². The van der Waals surface area contributed by atoms with Crippen LogP contribution in [0.3, 0.4) is 0 Å². The van der Waals surface area contributed by atoms with E-state index in [2.05, 4.69) is 4.72 Å². The van der Waals surface area contributed by atoms with Crippen LogP contribution in [-0.4, -0.2) is 35.0 Å². The first-order valence-electron chi connectivity index (χ1n) is 6.02. The number of rotatable bonds is 7. The average molecular weight is 265 g/mol. The minimum absolute atomic E-state index is 0.304. The first kappa shape index (κ1) is 17.0. The van der Waals surface area contributed by atoms with Crippen LogP contribution in [-0.2, 0) is 20.5 Å². The smallest absolute Gasteiger partial charge is 0.175 e. The van der Waals surface area contributed by atoms with Gasteiger partial charge in [0.2, 0.25) is 0 Å².